The number of amides is 2. The van der Waals surface area contributed by atoms with Crippen LogP contribution < -0.4 is 5.32 Å². The van der Waals surface area contributed by atoms with Gasteiger partial charge in [-0.05, 0) is 12.8 Å². The van der Waals surface area contributed by atoms with Crippen molar-refractivity contribution < 1.29 is 9.90 Å². The fourth-order valence-electron chi connectivity index (χ4n) is 2.93. The molecule has 23 heavy (non-hydrogen) atoms. The second-order valence-electron chi connectivity index (χ2n) is 5.94. The topological polar surface area (TPSA) is 70.4 Å². The molecule has 1 saturated heterocycles. The molecule has 122 valence electrons. The zero-order valence-corrected chi connectivity index (χ0v) is 13.3. The van der Waals surface area contributed by atoms with Gasteiger partial charge in [0.25, 0.3) is 0 Å². The quantitative estimate of drug-likeness (QED) is 0.907. The SMILES string of the molecule is Cn1cc(CNC(=O)N2CCC[C@@H](O)C2)c(-c2ccccc2)n1. The maximum Gasteiger partial charge on any atom is 0.317 e. The molecule has 1 aliphatic heterocycles. The number of nitrogens with one attached hydrogen (secondary N) is 1. The van der Waals surface area contributed by atoms with Crippen molar-refractivity contribution in [3.8, 4) is 11.3 Å². The van der Waals surface area contributed by atoms with E-state index in [1.165, 1.54) is 0 Å². The van der Waals surface area contributed by atoms with Crippen LogP contribution >= 0.6 is 0 Å². The van der Waals surface area contributed by atoms with Gasteiger partial charge in [-0.25, -0.2) is 4.79 Å². The molecule has 0 bridgehead atoms. The van der Waals surface area contributed by atoms with Crippen LogP contribution in [0.25, 0.3) is 11.3 Å². The van der Waals surface area contributed by atoms with Crippen LogP contribution in [0, 0.1) is 0 Å². The monoisotopic (exact) mass is 314 g/mol. The molecule has 0 unspecified atom stereocenters. The second-order valence-corrected chi connectivity index (χ2v) is 5.94. The van der Waals surface area contributed by atoms with Gasteiger partial charge in [0.05, 0.1) is 11.8 Å². The maximum absolute atomic E-state index is 12.2. The van der Waals surface area contributed by atoms with Gasteiger partial charge in [0.15, 0.2) is 0 Å². The van der Waals surface area contributed by atoms with Crippen molar-refractivity contribution in [3.05, 3.63) is 42.1 Å². The van der Waals surface area contributed by atoms with Gasteiger partial charge in [0, 0.05) is 44.0 Å². The Morgan fingerprint density at radius 3 is 2.91 bits per heavy atom. The summed E-state index contributed by atoms with van der Waals surface area (Å²) < 4.78 is 1.76. The van der Waals surface area contributed by atoms with E-state index in [2.05, 4.69) is 10.4 Å². The van der Waals surface area contributed by atoms with Crippen molar-refractivity contribution in [3.63, 3.8) is 0 Å². The summed E-state index contributed by atoms with van der Waals surface area (Å²) in [5.41, 5.74) is 2.89. The number of aliphatic hydroxyl groups is 1. The smallest absolute Gasteiger partial charge is 0.317 e. The summed E-state index contributed by atoms with van der Waals surface area (Å²) in [6.45, 7) is 1.52. The van der Waals surface area contributed by atoms with Gasteiger partial charge in [-0.15, -0.1) is 0 Å². The molecule has 2 amide bonds. The van der Waals surface area contributed by atoms with Crippen molar-refractivity contribution in [1.29, 1.82) is 0 Å². The number of aryl methyl sites for hydroxylation is 1. The zero-order chi connectivity index (χ0) is 16.2. The largest absolute Gasteiger partial charge is 0.391 e. The van der Waals surface area contributed by atoms with Gasteiger partial charge in [-0.2, -0.15) is 5.10 Å². The van der Waals surface area contributed by atoms with Crippen molar-refractivity contribution in [1.82, 2.24) is 20.0 Å². The number of hydrogen-bond acceptors (Lipinski definition) is 3. The minimum Gasteiger partial charge on any atom is -0.391 e. The van der Waals surface area contributed by atoms with E-state index in [-0.39, 0.29) is 6.03 Å². The first-order chi connectivity index (χ1) is 11.1. The number of likely N-dealkylation sites (tertiary alicyclic amines) is 1. The minimum absolute atomic E-state index is 0.133. The van der Waals surface area contributed by atoms with Gasteiger partial charge in [-0.1, -0.05) is 30.3 Å². The highest BCUT2D eigenvalue weighted by Crippen LogP contribution is 2.21. The van der Waals surface area contributed by atoms with Crippen LogP contribution in [0.15, 0.2) is 36.5 Å². The van der Waals surface area contributed by atoms with Gasteiger partial charge >= 0.3 is 6.03 Å². The number of aliphatic hydroxyl groups excluding tert-OH is 1. The van der Waals surface area contributed by atoms with Gasteiger partial charge in [0.2, 0.25) is 0 Å². The Hall–Kier alpha value is -2.34. The molecule has 1 aliphatic rings. The number of carbonyl (C=O) groups excluding carboxylic acids is 1. The van der Waals surface area contributed by atoms with Crippen LogP contribution in [0.1, 0.15) is 18.4 Å². The first-order valence-corrected chi connectivity index (χ1v) is 7.92. The molecule has 2 heterocycles. The van der Waals surface area contributed by atoms with Gasteiger partial charge < -0.3 is 15.3 Å². The molecular weight excluding hydrogens is 292 g/mol. The summed E-state index contributed by atoms with van der Waals surface area (Å²) in [5.74, 6) is 0. The fraction of sp³-hybridized carbons (Fsp3) is 0.412. The number of hydrogen-bond donors (Lipinski definition) is 2. The van der Waals surface area contributed by atoms with E-state index >= 15 is 0 Å². The molecule has 0 aliphatic carbocycles. The Balaban J connectivity index is 1.68. The number of urea groups is 1. The van der Waals surface area contributed by atoms with Crippen molar-refractivity contribution in [2.24, 2.45) is 7.05 Å². The van der Waals surface area contributed by atoms with Crippen LogP contribution in [0.2, 0.25) is 0 Å². The van der Waals surface area contributed by atoms with Crippen molar-refractivity contribution in [2.75, 3.05) is 13.1 Å². The first-order valence-electron chi connectivity index (χ1n) is 7.92. The zero-order valence-electron chi connectivity index (χ0n) is 13.3. The number of nitrogens with zero attached hydrogens (tertiary/aromatic N) is 3. The molecule has 1 fully saturated rings. The van der Waals surface area contributed by atoms with E-state index in [9.17, 15) is 9.90 Å². The number of β-amino-alcohol motifs (C(OH)–C–C–N with tert-alkyl or cyclic N) is 1. The van der Waals surface area contributed by atoms with Crippen LogP contribution in [0.3, 0.4) is 0 Å². The van der Waals surface area contributed by atoms with E-state index in [1.54, 1.807) is 9.58 Å². The molecule has 6 nitrogen and oxygen atoms in total. The molecule has 3 rings (SSSR count). The Bertz CT molecular complexity index is 668. The van der Waals surface area contributed by atoms with Crippen LogP contribution in [-0.4, -0.2) is 45.0 Å². The van der Waals surface area contributed by atoms with Crippen molar-refractivity contribution >= 4 is 6.03 Å². The highest BCUT2D eigenvalue weighted by Gasteiger charge is 2.22. The second kappa shape index (κ2) is 6.83. The Morgan fingerprint density at radius 1 is 1.39 bits per heavy atom. The molecule has 0 spiro atoms. The summed E-state index contributed by atoms with van der Waals surface area (Å²) in [7, 11) is 1.87. The predicted octanol–water partition coefficient (Wildman–Crippen LogP) is 1.75. The first kappa shape index (κ1) is 15.6. The lowest BCUT2D eigenvalue weighted by atomic mass is 10.1. The standard InChI is InChI=1S/C17H22N4O2/c1-20-11-14(16(19-20)13-6-3-2-4-7-13)10-18-17(23)21-9-5-8-15(22)12-21/h2-4,6-7,11,15,22H,5,8-10,12H2,1H3,(H,18,23)/t15-/m1/s1. The number of rotatable bonds is 3. The third-order valence-electron chi connectivity index (χ3n) is 4.07. The number of carbonyl (C=O) groups is 1. The molecule has 0 radical (unpaired) electrons. The molecule has 2 aromatic rings. The lowest BCUT2D eigenvalue weighted by Crippen LogP contribution is -2.46. The average Bonchev–Trinajstić information content (AvgIpc) is 2.94. The summed E-state index contributed by atoms with van der Waals surface area (Å²) in [4.78, 5) is 13.9. The molecule has 6 heteroatoms. The predicted molar refractivity (Wildman–Crippen MR) is 87.7 cm³/mol. The third-order valence-corrected chi connectivity index (χ3v) is 4.07. The molecule has 1 atom stereocenters. The fourth-order valence-corrected chi connectivity index (χ4v) is 2.93. The Morgan fingerprint density at radius 2 is 2.17 bits per heavy atom. The molecule has 0 saturated carbocycles. The summed E-state index contributed by atoms with van der Waals surface area (Å²) in [6, 6.07) is 9.80. The van der Waals surface area contributed by atoms with E-state index in [4.69, 9.17) is 0 Å². The average molecular weight is 314 g/mol. The molecule has 1 aromatic heterocycles. The van der Waals surface area contributed by atoms with Crippen LogP contribution in [0.5, 0.6) is 0 Å². The van der Waals surface area contributed by atoms with E-state index in [1.807, 2.05) is 43.6 Å². The highest BCUT2D eigenvalue weighted by molar-refractivity contribution is 5.74. The van der Waals surface area contributed by atoms with Crippen LogP contribution in [-0.2, 0) is 13.6 Å². The number of aromatic nitrogens is 2. The Labute approximate surface area is 135 Å². The van der Waals surface area contributed by atoms with E-state index in [0.29, 0.717) is 19.6 Å². The lowest BCUT2D eigenvalue weighted by Gasteiger charge is -2.30. The molecule has 1 aromatic carbocycles. The van der Waals surface area contributed by atoms with Gasteiger partial charge in [-0.3, -0.25) is 4.68 Å². The lowest BCUT2D eigenvalue weighted by molar-refractivity contribution is 0.0842. The minimum atomic E-state index is -0.409. The highest BCUT2D eigenvalue weighted by atomic mass is 16.3. The van der Waals surface area contributed by atoms with E-state index in [0.717, 1.165) is 29.7 Å². The molecule has 2 N–H and O–H groups in total. The summed E-state index contributed by atoms with van der Waals surface area (Å²) in [6.07, 6.45) is 3.13. The van der Waals surface area contributed by atoms with Gasteiger partial charge in [0.1, 0.15) is 0 Å². The third kappa shape index (κ3) is 3.71. The van der Waals surface area contributed by atoms with Crippen LogP contribution in [0.4, 0.5) is 4.79 Å². The van der Waals surface area contributed by atoms with Crippen molar-refractivity contribution in [2.45, 2.75) is 25.5 Å². The summed E-state index contributed by atoms with van der Waals surface area (Å²) >= 11 is 0. The maximum atomic E-state index is 12.2. The number of benzene rings is 1. The van der Waals surface area contributed by atoms with E-state index < -0.39 is 6.10 Å². The number of piperidine rings is 1. The normalized spacial score (nSPS) is 18.0. The summed E-state index contributed by atoms with van der Waals surface area (Å²) in [5, 5.41) is 17.1. The molecular formula is C17H22N4O2. The Kier molecular flexibility index (Phi) is 4.62.